The molecule has 0 bridgehead atoms. The zero-order valence-electron chi connectivity index (χ0n) is 13.5. The topological polar surface area (TPSA) is 107 Å². The van der Waals surface area contributed by atoms with Crippen LogP contribution in [-0.2, 0) is 26.1 Å². The van der Waals surface area contributed by atoms with E-state index in [9.17, 15) is 13.5 Å². The standard InChI is InChI=1S/C14H16N5O3S.Mo/c1-15-17-12-9-7-11(23(21)22)13(18-16-2)14(20)8(9)5-6-10(12)19(3)4;/h5-7,20H,1-4H3;/b17-15+,18-16+;. The summed E-state index contributed by atoms with van der Waals surface area (Å²) in [6.07, 6.45) is 0. The van der Waals surface area contributed by atoms with E-state index < -0.39 is 7.54 Å². The summed E-state index contributed by atoms with van der Waals surface area (Å²) in [5.74, 6) is -0.252. The van der Waals surface area contributed by atoms with Crippen molar-refractivity contribution in [3.8, 4) is 5.75 Å². The van der Waals surface area contributed by atoms with Crippen LogP contribution in [0, 0.1) is 0 Å². The number of benzene rings is 2. The molecule has 0 aliphatic rings. The molecule has 2 aromatic rings. The molecule has 0 aliphatic heterocycles. The zero-order chi connectivity index (χ0) is 18.1. The molecule has 8 nitrogen and oxygen atoms in total. The number of aromatic hydroxyl groups is 1. The van der Waals surface area contributed by atoms with Crippen molar-refractivity contribution in [2.24, 2.45) is 20.5 Å². The molecule has 1 N–H and O–H groups in total. The van der Waals surface area contributed by atoms with Crippen LogP contribution >= 0.6 is 0 Å². The normalized spacial score (nSPS) is 12.5. The number of hydrogen-bond acceptors (Lipinski definition) is 8. The van der Waals surface area contributed by atoms with E-state index in [2.05, 4.69) is 20.5 Å². The first kappa shape index (κ1) is 18.5. The summed E-state index contributed by atoms with van der Waals surface area (Å²) in [4.78, 5) is 1.73. The van der Waals surface area contributed by atoms with Gasteiger partial charge >= 0.3 is 150 Å². The molecule has 24 heavy (non-hydrogen) atoms. The molecule has 0 aromatic heterocycles. The van der Waals surface area contributed by atoms with Crippen LogP contribution in [0.15, 0.2) is 43.6 Å². The van der Waals surface area contributed by atoms with E-state index in [0.29, 0.717) is 16.5 Å². The van der Waals surface area contributed by atoms with Crippen molar-refractivity contribution in [1.82, 2.24) is 0 Å². The molecule has 0 unspecified atom stereocenters. The van der Waals surface area contributed by atoms with Gasteiger partial charge in [0.25, 0.3) is 0 Å². The molecule has 0 radical (unpaired) electrons. The Balaban J connectivity index is 3.08. The van der Waals surface area contributed by atoms with Crippen LogP contribution in [0.2, 0.25) is 0 Å². The van der Waals surface area contributed by atoms with Crippen LogP contribution in [-0.4, -0.2) is 41.7 Å². The number of azo groups is 2. The van der Waals surface area contributed by atoms with Crippen molar-refractivity contribution in [2.75, 3.05) is 33.1 Å². The van der Waals surface area contributed by atoms with Crippen molar-refractivity contribution >= 4 is 35.4 Å². The Kier molecular flexibility index (Phi) is 5.35. The van der Waals surface area contributed by atoms with Crippen LogP contribution < -0.4 is 4.90 Å². The summed E-state index contributed by atoms with van der Waals surface area (Å²) < 4.78 is 24.3. The summed E-state index contributed by atoms with van der Waals surface area (Å²) in [5.41, 5.74) is 1.14. The minimum atomic E-state index is -3.62. The van der Waals surface area contributed by atoms with Gasteiger partial charge < -0.3 is 0 Å². The maximum absolute atomic E-state index is 12.1. The van der Waals surface area contributed by atoms with Crippen LogP contribution in [0.3, 0.4) is 0 Å². The molecular weight excluding hydrogens is 414 g/mol. The molecule has 2 rings (SSSR count). The van der Waals surface area contributed by atoms with Gasteiger partial charge in [-0.1, -0.05) is 0 Å². The van der Waals surface area contributed by atoms with Gasteiger partial charge in [0.15, 0.2) is 0 Å². The quantitative estimate of drug-likeness (QED) is 0.593. The predicted octanol–water partition coefficient (Wildman–Crippen LogP) is 3.27. The van der Waals surface area contributed by atoms with E-state index in [1.54, 1.807) is 12.1 Å². The van der Waals surface area contributed by atoms with Gasteiger partial charge in [0.05, 0.1) is 0 Å². The average molecular weight is 430 g/mol. The first-order valence-corrected chi connectivity index (χ1v) is 10.6. The fourth-order valence-corrected chi connectivity index (χ4v) is 3.92. The molecule has 0 saturated heterocycles. The second-order valence-corrected chi connectivity index (χ2v) is 9.63. The molecule has 2 aromatic carbocycles. The van der Waals surface area contributed by atoms with Crippen LogP contribution in [0.4, 0.5) is 17.1 Å². The van der Waals surface area contributed by atoms with Gasteiger partial charge in [-0.3, -0.25) is 0 Å². The van der Waals surface area contributed by atoms with Crippen molar-refractivity contribution in [3.63, 3.8) is 0 Å². The third kappa shape index (κ3) is 3.32. The first-order chi connectivity index (χ1) is 11.2. The average Bonchev–Trinajstić information content (AvgIpc) is 2.49. The van der Waals surface area contributed by atoms with E-state index in [1.807, 2.05) is 19.0 Å². The van der Waals surface area contributed by atoms with Crippen LogP contribution in [0.25, 0.3) is 10.8 Å². The summed E-state index contributed by atoms with van der Waals surface area (Å²) in [5, 5.41) is 26.8. The summed E-state index contributed by atoms with van der Waals surface area (Å²) in [6.45, 7) is 0. The van der Waals surface area contributed by atoms with Gasteiger partial charge in [0.2, 0.25) is 0 Å². The number of phenols is 1. The van der Waals surface area contributed by atoms with Gasteiger partial charge in [-0.2, -0.15) is 0 Å². The monoisotopic (exact) mass is 432 g/mol. The number of fused-ring (bicyclic) bond motifs is 1. The Bertz CT molecular complexity index is 955. The van der Waals surface area contributed by atoms with Crippen molar-refractivity contribution < 1.29 is 32.1 Å². The van der Waals surface area contributed by atoms with Crippen LogP contribution in [0.5, 0.6) is 5.75 Å². The first-order valence-electron chi connectivity index (χ1n) is 6.78. The fraction of sp³-hybridized carbons (Fsp3) is 0.286. The Morgan fingerprint density at radius 1 is 1.04 bits per heavy atom. The molecule has 0 heterocycles. The molecular formula is C14H16MoN5O3S. The van der Waals surface area contributed by atoms with E-state index in [0.717, 1.165) is 24.2 Å². The molecule has 127 valence electrons. The van der Waals surface area contributed by atoms with Crippen molar-refractivity contribution in [2.45, 2.75) is 4.90 Å². The molecule has 10 heteroatoms. The van der Waals surface area contributed by atoms with E-state index in [4.69, 9.17) is 0 Å². The van der Waals surface area contributed by atoms with Crippen molar-refractivity contribution in [1.29, 1.82) is 0 Å². The summed E-state index contributed by atoms with van der Waals surface area (Å²) in [6, 6.07) is 4.92. The van der Waals surface area contributed by atoms with Gasteiger partial charge in [-0.05, 0) is 0 Å². The Morgan fingerprint density at radius 3 is 2.12 bits per heavy atom. The Morgan fingerprint density at radius 2 is 1.62 bits per heavy atom. The Hall–Kier alpha value is -1.86. The number of nitrogens with zero attached hydrogens (tertiary/aromatic N) is 5. The van der Waals surface area contributed by atoms with Crippen LogP contribution in [0.1, 0.15) is 0 Å². The zero-order valence-corrected chi connectivity index (χ0v) is 16.4. The molecule has 0 spiro atoms. The number of hydrogen-bond donors (Lipinski definition) is 1. The summed E-state index contributed by atoms with van der Waals surface area (Å²) in [7, 11) is 2.99. The molecule has 0 amide bonds. The van der Waals surface area contributed by atoms with Crippen molar-refractivity contribution in [3.05, 3.63) is 18.2 Å². The minimum absolute atomic E-state index is 0.0767. The molecule has 0 aliphatic carbocycles. The van der Waals surface area contributed by atoms with Gasteiger partial charge in [0.1, 0.15) is 0 Å². The fourth-order valence-electron chi connectivity index (χ4n) is 2.35. The Labute approximate surface area is 149 Å². The van der Waals surface area contributed by atoms with E-state index >= 15 is 0 Å². The van der Waals surface area contributed by atoms with E-state index in [1.165, 1.54) is 20.2 Å². The van der Waals surface area contributed by atoms with E-state index in [-0.39, 0.29) is 16.3 Å². The third-order valence-corrected chi connectivity index (χ3v) is 5.51. The second-order valence-electron chi connectivity index (χ2n) is 5.05. The number of anilines is 1. The third-order valence-electron chi connectivity index (χ3n) is 3.34. The van der Waals surface area contributed by atoms with Gasteiger partial charge in [-0.15, -0.1) is 0 Å². The van der Waals surface area contributed by atoms with Gasteiger partial charge in [-0.25, -0.2) is 0 Å². The number of phenolic OH excluding ortho intramolecular Hbond substituents is 1. The predicted molar refractivity (Wildman–Crippen MR) is 88.0 cm³/mol. The molecule has 0 fully saturated rings. The SMILES string of the molecule is C/N=N/c1c([S](=O)(=O)[Mo])cc2c(/N=N/C)c(N(C)C)ccc2c1O. The second kappa shape index (κ2) is 6.94. The maximum atomic E-state index is 12.1. The molecule has 0 atom stereocenters. The number of rotatable bonds is 4. The molecule has 0 saturated carbocycles. The van der Waals surface area contributed by atoms with Gasteiger partial charge in [0, 0.05) is 0 Å². The summed E-state index contributed by atoms with van der Waals surface area (Å²) >= 11 is 0.970.